The smallest absolute Gasteiger partial charge is 0.225 e. The van der Waals surface area contributed by atoms with Gasteiger partial charge in [0.1, 0.15) is 6.61 Å². The van der Waals surface area contributed by atoms with Gasteiger partial charge in [-0.15, -0.1) is 24.8 Å². The van der Waals surface area contributed by atoms with Crippen LogP contribution in [0.5, 0.6) is 11.5 Å². The number of likely N-dealkylation sites (N-methyl/N-ethyl adjacent to an activating group) is 1. The Bertz CT molecular complexity index is 472. The van der Waals surface area contributed by atoms with Gasteiger partial charge in [-0.1, -0.05) is 13.8 Å². The molecule has 0 radical (unpaired) electrons. The number of nitrogens with one attached hydrogen (secondary N) is 1. The molecule has 8 heteroatoms. The Hall–Kier alpha value is -1.21. The minimum atomic E-state index is -0.109. The van der Waals surface area contributed by atoms with Crippen molar-refractivity contribution in [3.8, 4) is 11.5 Å². The molecule has 0 saturated heterocycles. The molecule has 0 aliphatic carbocycles. The lowest BCUT2D eigenvalue weighted by Gasteiger charge is -2.19. The van der Waals surface area contributed by atoms with E-state index in [4.69, 9.17) is 15.2 Å². The third-order valence-corrected chi connectivity index (χ3v) is 3.38. The normalized spacial score (nSPS) is 9.71. The predicted molar refractivity (Wildman–Crippen MR) is 103 cm³/mol. The number of carbonyl (C=O) groups is 1. The summed E-state index contributed by atoms with van der Waals surface area (Å²) in [4.78, 5) is 13.9. The molecule has 0 heterocycles. The maximum absolute atomic E-state index is 11.6. The summed E-state index contributed by atoms with van der Waals surface area (Å²) in [5, 5.41) is 2.79. The van der Waals surface area contributed by atoms with E-state index < -0.39 is 0 Å². The Balaban J connectivity index is 0. The first-order valence-electron chi connectivity index (χ1n) is 7.67. The number of amides is 1. The lowest BCUT2D eigenvalue weighted by Crippen LogP contribution is -2.28. The molecule has 0 aromatic heterocycles. The minimum Gasteiger partial charge on any atom is -0.493 e. The summed E-state index contributed by atoms with van der Waals surface area (Å²) in [5.41, 5.74) is 6.05. The van der Waals surface area contributed by atoms with Crippen LogP contribution >= 0.6 is 24.8 Å². The summed E-state index contributed by atoms with van der Waals surface area (Å²) in [6, 6.07) is 5.34. The molecule has 1 rings (SSSR count). The second-order valence-corrected chi connectivity index (χ2v) is 4.83. The molecule has 0 saturated carbocycles. The molecule has 1 amide bonds. The maximum atomic E-state index is 11.6. The lowest BCUT2D eigenvalue weighted by molar-refractivity contribution is -0.116. The zero-order chi connectivity index (χ0) is 16.4. The number of hydrogen-bond donors (Lipinski definition) is 2. The third-order valence-electron chi connectivity index (χ3n) is 3.38. The Morgan fingerprint density at radius 3 is 2.42 bits per heavy atom. The number of ether oxygens (including phenoxy) is 2. The highest BCUT2D eigenvalue weighted by molar-refractivity contribution is 5.91. The van der Waals surface area contributed by atoms with Gasteiger partial charge in [0.2, 0.25) is 5.91 Å². The van der Waals surface area contributed by atoms with Crippen molar-refractivity contribution in [1.29, 1.82) is 0 Å². The molecule has 0 aliphatic heterocycles. The van der Waals surface area contributed by atoms with Crippen molar-refractivity contribution in [2.75, 3.05) is 45.2 Å². The highest BCUT2D eigenvalue weighted by Crippen LogP contribution is 2.30. The van der Waals surface area contributed by atoms with Crippen LogP contribution in [0.4, 0.5) is 5.69 Å². The molecule has 0 fully saturated rings. The number of rotatable bonds is 10. The van der Waals surface area contributed by atoms with Crippen LogP contribution in [0.1, 0.15) is 20.3 Å². The van der Waals surface area contributed by atoms with Gasteiger partial charge in [0.25, 0.3) is 0 Å². The first-order valence-corrected chi connectivity index (χ1v) is 7.67. The Morgan fingerprint density at radius 1 is 1.21 bits per heavy atom. The monoisotopic (exact) mass is 381 g/mol. The molecule has 24 heavy (non-hydrogen) atoms. The van der Waals surface area contributed by atoms with E-state index >= 15 is 0 Å². The van der Waals surface area contributed by atoms with Gasteiger partial charge in [-0.05, 0) is 25.2 Å². The largest absolute Gasteiger partial charge is 0.493 e. The zero-order valence-corrected chi connectivity index (χ0v) is 16.2. The lowest BCUT2D eigenvalue weighted by atomic mass is 10.2. The number of carbonyl (C=O) groups excluding carboxylic acids is 1. The van der Waals surface area contributed by atoms with Gasteiger partial charge in [-0.25, -0.2) is 0 Å². The second kappa shape index (κ2) is 14.2. The Kier molecular flexibility index (Phi) is 14.8. The fourth-order valence-electron chi connectivity index (χ4n) is 2.05. The van der Waals surface area contributed by atoms with Crippen LogP contribution in [-0.2, 0) is 4.79 Å². The van der Waals surface area contributed by atoms with E-state index in [0.717, 1.165) is 19.6 Å². The number of benzene rings is 1. The SMILES string of the molecule is CCN(CC)CCOc1cc(NC(=O)CCN)ccc1OC.Cl.Cl. The van der Waals surface area contributed by atoms with Crippen molar-refractivity contribution < 1.29 is 14.3 Å². The summed E-state index contributed by atoms with van der Waals surface area (Å²) in [6.07, 6.45) is 0.296. The first kappa shape index (κ1) is 25.0. The standard InChI is InChI=1S/C16H27N3O3.2ClH/c1-4-19(5-2)10-11-22-15-12-13(6-7-14(15)21-3)18-16(20)8-9-17;;/h6-7,12H,4-5,8-11,17H2,1-3H3,(H,18,20);2*1H. The van der Waals surface area contributed by atoms with Crippen molar-refractivity contribution in [1.82, 2.24) is 4.90 Å². The van der Waals surface area contributed by atoms with Crippen molar-refractivity contribution >= 4 is 36.4 Å². The van der Waals surface area contributed by atoms with Gasteiger partial charge >= 0.3 is 0 Å². The number of methoxy groups -OCH3 is 1. The zero-order valence-electron chi connectivity index (χ0n) is 14.5. The minimum absolute atomic E-state index is 0. The molecule has 0 unspecified atom stereocenters. The van der Waals surface area contributed by atoms with E-state index in [0.29, 0.717) is 36.8 Å². The summed E-state index contributed by atoms with van der Waals surface area (Å²) in [5.74, 6) is 1.17. The van der Waals surface area contributed by atoms with Gasteiger partial charge in [0.05, 0.1) is 7.11 Å². The number of halogens is 2. The van der Waals surface area contributed by atoms with Gasteiger partial charge in [0.15, 0.2) is 11.5 Å². The fraction of sp³-hybridized carbons (Fsp3) is 0.562. The Labute approximate surface area is 156 Å². The van der Waals surface area contributed by atoms with Crippen LogP contribution in [0.15, 0.2) is 18.2 Å². The van der Waals surface area contributed by atoms with Gasteiger partial charge in [0, 0.05) is 31.3 Å². The first-order chi connectivity index (χ1) is 10.6. The molecular formula is C16H29Cl2N3O3. The Morgan fingerprint density at radius 2 is 1.88 bits per heavy atom. The highest BCUT2D eigenvalue weighted by Gasteiger charge is 2.09. The quantitative estimate of drug-likeness (QED) is 0.650. The van der Waals surface area contributed by atoms with E-state index in [2.05, 4.69) is 24.1 Å². The summed E-state index contributed by atoms with van der Waals surface area (Å²) >= 11 is 0. The fourth-order valence-corrected chi connectivity index (χ4v) is 2.05. The predicted octanol–water partition coefficient (Wildman–Crippen LogP) is 2.55. The molecule has 1 aromatic rings. The van der Waals surface area contributed by atoms with Crippen LogP contribution in [-0.4, -0.2) is 50.7 Å². The van der Waals surface area contributed by atoms with Crippen LogP contribution in [0.3, 0.4) is 0 Å². The molecule has 140 valence electrons. The molecule has 1 aromatic carbocycles. The van der Waals surface area contributed by atoms with Gasteiger partial charge < -0.3 is 25.4 Å². The van der Waals surface area contributed by atoms with Gasteiger partial charge in [-0.2, -0.15) is 0 Å². The summed E-state index contributed by atoms with van der Waals surface area (Å²) < 4.78 is 11.1. The molecule has 6 nitrogen and oxygen atoms in total. The molecule has 0 atom stereocenters. The van der Waals surface area contributed by atoms with E-state index in [1.165, 1.54) is 0 Å². The van der Waals surface area contributed by atoms with E-state index in [9.17, 15) is 4.79 Å². The van der Waals surface area contributed by atoms with Crippen LogP contribution in [0.25, 0.3) is 0 Å². The third kappa shape index (κ3) is 8.59. The van der Waals surface area contributed by atoms with Crippen molar-refractivity contribution in [2.24, 2.45) is 5.73 Å². The number of nitrogens with two attached hydrogens (primary N) is 1. The maximum Gasteiger partial charge on any atom is 0.225 e. The number of anilines is 1. The van der Waals surface area contributed by atoms with Crippen molar-refractivity contribution in [3.05, 3.63) is 18.2 Å². The van der Waals surface area contributed by atoms with Crippen molar-refractivity contribution in [3.63, 3.8) is 0 Å². The van der Waals surface area contributed by atoms with Gasteiger partial charge in [-0.3, -0.25) is 4.79 Å². The highest BCUT2D eigenvalue weighted by atomic mass is 35.5. The molecule has 0 spiro atoms. The number of nitrogens with zero attached hydrogens (tertiary/aromatic N) is 1. The molecule has 0 bridgehead atoms. The molecule has 3 N–H and O–H groups in total. The van der Waals surface area contributed by atoms with Crippen molar-refractivity contribution in [2.45, 2.75) is 20.3 Å². The van der Waals surface area contributed by atoms with Crippen LogP contribution in [0.2, 0.25) is 0 Å². The van der Waals surface area contributed by atoms with E-state index in [-0.39, 0.29) is 30.7 Å². The summed E-state index contributed by atoms with van der Waals surface area (Å²) in [7, 11) is 1.60. The number of hydrogen-bond acceptors (Lipinski definition) is 5. The second-order valence-electron chi connectivity index (χ2n) is 4.83. The van der Waals surface area contributed by atoms with E-state index in [1.54, 1.807) is 25.3 Å². The summed E-state index contributed by atoms with van der Waals surface area (Å²) in [6.45, 7) is 7.97. The average Bonchev–Trinajstić information content (AvgIpc) is 2.52. The topological polar surface area (TPSA) is 76.8 Å². The van der Waals surface area contributed by atoms with E-state index in [1.807, 2.05) is 0 Å². The van der Waals surface area contributed by atoms with Crippen LogP contribution < -0.4 is 20.5 Å². The molecule has 0 aliphatic rings. The molecular weight excluding hydrogens is 353 g/mol. The van der Waals surface area contributed by atoms with Crippen LogP contribution in [0, 0.1) is 0 Å². The average molecular weight is 382 g/mol.